The van der Waals surface area contributed by atoms with Crippen LogP contribution in [-0.4, -0.2) is 45.5 Å². The second kappa shape index (κ2) is 21.9. The summed E-state index contributed by atoms with van der Waals surface area (Å²) < 4.78 is 11.9. The SMILES string of the molecule is c1ccc(-n2c(-c3ccc(-c4ccc5c6ccccc6c6nc7c8cc(-c9cccc([Si](c%10ccccc%10)(c%10ccccc%10)c%10ccc(-n%11c%12ccccc%12c%12nc%13c%14ccccc%14c%14ccccc%14n%13c%12%11)cc%10)c9)ccc8n(-c8ccccc8)c7n6c5c4)cc3)nc3ccccc32)cc1. The molecular formula is C91H58N8Si. The smallest absolute Gasteiger partial charge is 0.179 e. The van der Waals surface area contributed by atoms with Gasteiger partial charge in [0.15, 0.2) is 19.4 Å². The van der Waals surface area contributed by atoms with Gasteiger partial charge in [0.05, 0.1) is 33.1 Å². The van der Waals surface area contributed by atoms with Crippen molar-refractivity contribution in [3.8, 4) is 50.7 Å². The Kier molecular flexibility index (Phi) is 12.3. The summed E-state index contributed by atoms with van der Waals surface area (Å²) in [6.07, 6.45) is 0. The summed E-state index contributed by atoms with van der Waals surface area (Å²) in [5, 5.41) is 14.4. The van der Waals surface area contributed by atoms with Gasteiger partial charge in [-0.3, -0.25) is 22.5 Å². The lowest BCUT2D eigenvalue weighted by atomic mass is 9.99. The zero-order valence-electron chi connectivity index (χ0n) is 54.1. The number of hydrogen-bond donors (Lipinski definition) is 0. The standard InChI is InChI=1S/C91H58N8Si/c1-5-25-64(26-6-1)95-83-43-22-19-40-79(83)92-87(95)60-46-44-59(45-47-60)63-48-54-74-72-35-14-16-38-76(72)89-94-86-78-57-62(49-55-82(78)96(65-27-7-2-8-28-65)91(86)99(89)84(74)58-63)61-24-23-33-70(56-61)100(67-29-9-3-10-30-67,68-31-11-4-12-32-68)69-52-50-66(51-53-69)97-81-42-21-18-39-77(81)85-90(97)98-80-41-20-17-36-73(80)71-34-13-15-37-75(71)88(98)93-85/h1-58H. The zero-order valence-corrected chi connectivity index (χ0v) is 55.1. The van der Waals surface area contributed by atoms with Gasteiger partial charge in [0, 0.05) is 54.9 Å². The van der Waals surface area contributed by atoms with Crippen molar-refractivity contribution < 1.29 is 0 Å². The fraction of sp³-hybridized carbons (Fsp3) is 0. The highest BCUT2D eigenvalue weighted by molar-refractivity contribution is 7.20. The molecule has 0 radical (unpaired) electrons. The highest BCUT2D eigenvalue weighted by Crippen LogP contribution is 2.43. The molecule has 7 heterocycles. The van der Waals surface area contributed by atoms with Crippen LogP contribution in [-0.2, 0) is 0 Å². The highest BCUT2D eigenvalue weighted by atomic mass is 28.3. The Labute approximate surface area is 575 Å². The van der Waals surface area contributed by atoms with Crippen LogP contribution < -0.4 is 20.7 Å². The fourth-order valence-electron chi connectivity index (χ4n) is 16.6. The van der Waals surface area contributed by atoms with E-state index in [2.05, 4.69) is 374 Å². The average Bonchev–Trinajstić information content (AvgIpc) is 1.50. The van der Waals surface area contributed by atoms with Gasteiger partial charge in [0.1, 0.15) is 28.2 Å². The minimum absolute atomic E-state index is 0.907. The molecule has 0 amide bonds. The number of rotatable bonds is 10. The van der Waals surface area contributed by atoms with Crippen molar-refractivity contribution in [3.63, 3.8) is 0 Å². The Bertz CT molecular complexity index is 6830. The maximum absolute atomic E-state index is 5.81. The number of para-hydroxylation sites is 6. The first-order valence-corrected chi connectivity index (χ1v) is 36.2. The molecule has 14 aromatic carbocycles. The molecule has 100 heavy (non-hydrogen) atoms. The van der Waals surface area contributed by atoms with Crippen molar-refractivity contribution in [2.75, 3.05) is 0 Å². The molecule has 0 atom stereocenters. The molecule has 8 nitrogen and oxygen atoms in total. The lowest BCUT2D eigenvalue weighted by Crippen LogP contribution is -2.74. The van der Waals surface area contributed by atoms with E-state index in [4.69, 9.17) is 15.0 Å². The van der Waals surface area contributed by atoms with Gasteiger partial charge < -0.3 is 0 Å². The molecule has 0 fully saturated rings. The Balaban J connectivity index is 0.734. The van der Waals surface area contributed by atoms with Crippen LogP contribution in [0.2, 0.25) is 0 Å². The lowest BCUT2D eigenvalue weighted by molar-refractivity contribution is 1.10. The third kappa shape index (κ3) is 8.18. The summed E-state index contributed by atoms with van der Waals surface area (Å²) in [4.78, 5) is 16.5. The van der Waals surface area contributed by atoms with Crippen LogP contribution in [0.4, 0.5) is 0 Å². The number of pyridine rings is 2. The largest absolute Gasteiger partial charge is 0.294 e. The molecule has 0 saturated heterocycles. The van der Waals surface area contributed by atoms with E-state index < -0.39 is 8.07 Å². The predicted molar refractivity (Wildman–Crippen MR) is 417 cm³/mol. The first kappa shape index (κ1) is 56.0. The van der Waals surface area contributed by atoms with Crippen molar-refractivity contribution >= 4 is 139 Å². The minimum Gasteiger partial charge on any atom is -0.294 e. The van der Waals surface area contributed by atoms with Crippen molar-refractivity contribution in [2.45, 2.75) is 0 Å². The van der Waals surface area contributed by atoms with Crippen molar-refractivity contribution in [1.29, 1.82) is 0 Å². The molecule has 21 aromatic rings. The Morgan fingerprint density at radius 2 is 0.650 bits per heavy atom. The second-order valence-electron chi connectivity index (χ2n) is 26.3. The summed E-state index contributed by atoms with van der Waals surface area (Å²) in [5.74, 6) is 0.907. The maximum atomic E-state index is 5.81. The normalized spacial score (nSPS) is 12.2. The molecule has 0 bridgehead atoms. The third-order valence-electron chi connectivity index (χ3n) is 21.0. The number of fused-ring (bicyclic) bond motifs is 21. The maximum Gasteiger partial charge on any atom is 0.179 e. The first-order chi connectivity index (χ1) is 49.6. The molecule has 466 valence electrons. The number of aromatic nitrogens is 8. The van der Waals surface area contributed by atoms with E-state index >= 15 is 0 Å². The Morgan fingerprint density at radius 3 is 1.30 bits per heavy atom. The first-order valence-electron chi connectivity index (χ1n) is 34.2. The van der Waals surface area contributed by atoms with Crippen LogP contribution in [0.1, 0.15) is 0 Å². The molecule has 0 saturated carbocycles. The van der Waals surface area contributed by atoms with Gasteiger partial charge in [0.2, 0.25) is 0 Å². The summed E-state index contributed by atoms with van der Waals surface area (Å²) in [5.41, 5.74) is 21.1. The van der Waals surface area contributed by atoms with E-state index in [1.54, 1.807) is 0 Å². The van der Waals surface area contributed by atoms with Gasteiger partial charge in [0.25, 0.3) is 0 Å². The highest BCUT2D eigenvalue weighted by Gasteiger charge is 2.42. The number of nitrogens with zero attached hydrogens (tertiary/aromatic N) is 8. The Morgan fingerprint density at radius 1 is 0.220 bits per heavy atom. The van der Waals surface area contributed by atoms with Gasteiger partial charge >= 0.3 is 0 Å². The van der Waals surface area contributed by atoms with Gasteiger partial charge in [-0.1, -0.05) is 273 Å². The number of imidazole rings is 3. The van der Waals surface area contributed by atoms with Crippen LogP contribution in [0.3, 0.4) is 0 Å². The van der Waals surface area contributed by atoms with Crippen LogP contribution >= 0.6 is 0 Å². The molecule has 0 aliphatic heterocycles. The van der Waals surface area contributed by atoms with E-state index in [0.717, 1.165) is 150 Å². The van der Waals surface area contributed by atoms with Gasteiger partial charge in [-0.05, 0) is 133 Å². The molecule has 7 aromatic heterocycles. The molecule has 9 heteroatoms. The van der Waals surface area contributed by atoms with Crippen molar-refractivity contribution in [3.05, 3.63) is 352 Å². The molecule has 0 spiro atoms. The van der Waals surface area contributed by atoms with Crippen molar-refractivity contribution in [1.82, 2.24) is 37.5 Å². The van der Waals surface area contributed by atoms with Crippen molar-refractivity contribution in [2.24, 2.45) is 0 Å². The molecule has 21 rings (SSSR count). The van der Waals surface area contributed by atoms with Crippen LogP contribution in [0.25, 0.3) is 161 Å². The molecule has 0 aliphatic rings. The number of hydrogen-bond acceptors (Lipinski definition) is 3. The van der Waals surface area contributed by atoms with E-state index in [9.17, 15) is 0 Å². The van der Waals surface area contributed by atoms with Crippen LogP contribution in [0.5, 0.6) is 0 Å². The van der Waals surface area contributed by atoms with Crippen LogP contribution in [0, 0.1) is 0 Å². The summed E-state index contributed by atoms with van der Waals surface area (Å²) in [6.45, 7) is 0. The van der Waals surface area contributed by atoms with Crippen LogP contribution in [0.15, 0.2) is 352 Å². The molecule has 0 N–H and O–H groups in total. The molecular weight excluding hydrogens is 1230 g/mol. The number of benzene rings is 14. The topological polar surface area (TPSA) is 62.3 Å². The average molecular weight is 1290 g/mol. The van der Waals surface area contributed by atoms with Gasteiger partial charge in [-0.25, -0.2) is 15.0 Å². The second-order valence-corrected chi connectivity index (χ2v) is 30.1. The van der Waals surface area contributed by atoms with E-state index in [-0.39, 0.29) is 0 Å². The third-order valence-corrected chi connectivity index (χ3v) is 25.8. The lowest BCUT2D eigenvalue weighted by Gasteiger charge is -2.35. The van der Waals surface area contributed by atoms with Gasteiger partial charge in [-0.15, -0.1) is 0 Å². The summed E-state index contributed by atoms with van der Waals surface area (Å²) >= 11 is 0. The predicted octanol–water partition coefficient (Wildman–Crippen LogP) is 19.5. The Hall–Kier alpha value is -13.2. The molecule has 0 unspecified atom stereocenters. The van der Waals surface area contributed by atoms with E-state index in [1.165, 1.54) is 31.5 Å². The summed E-state index contributed by atoms with van der Waals surface area (Å²) in [7, 11) is -3.11. The summed E-state index contributed by atoms with van der Waals surface area (Å²) in [6, 6.07) is 129. The monoisotopic (exact) mass is 1290 g/mol. The van der Waals surface area contributed by atoms with Gasteiger partial charge in [-0.2, -0.15) is 0 Å². The van der Waals surface area contributed by atoms with E-state index in [1.807, 2.05) is 0 Å². The quantitative estimate of drug-likeness (QED) is 0.0779. The molecule has 0 aliphatic carbocycles. The zero-order chi connectivity index (χ0) is 65.6. The fourth-order valence-corrected chi connectivity index (χ4v) is 21.4. The van der Waals surface area contributed by atoms with E-state index in [0.29, 0.717) is 0 Å². The minimum atomic E-state index is -3.11.